The van der Waals surface area contributed by atoms with Crippen LogP contribution in [-0.2, 0) is 18.9 Å². The van der Waals surface area contributed by atoms with Crippen LogP contribution in [0.25, 0.3) is 44.6 Å². The normalized spacial score (nSPS) is 10.7. The third kappa shape index (κ3) is 11.2. The topological polar surface area (TPSA) is 177 Å². The van der Waals surface area contributed by atoms with E-state index in [9.17, 15) is 0 Å². The lowest BCUT2D eigenvalue weighted by Gasteiger charge is -2.15. The van der Waals surface area contributed by atoms with Gasteiger partial charge in [0.25, 0.3) is 0 Å². The standard InChI is InChI=1S/2C22H23N3O4/c2*1-4-15-6-5-7-16(12-15)22-24-18-14-20(29-11-9-27-3)19(28-10-8-26-2)13-17(18)21(23)25-22/h2*1,5-7,12-14H,8-11H2,2-3H3,(H2,23,24,25). The number of hydrogen-bond acceptors (Lipinski definition) is 14. The Morgan fingerprint density at radius 3 is 1.14 bits per heavy atom. The first-order chi connectivity index (χ1) is 28.3. The van der Waals surface area contributed by atoms with Gasteiger partial charge in [-0.1, -0.05) is 36.1 Å². The molecule has 0 aliphatic carbocycles. The highest BCUT2D eigenvalue weighted by Crippen LogP contribution is 2.36. The molecule has 0 amide bonds. The summed E-state index contributed by atoms with van der Waals surface area (Å²) >= 11 is 0. The lowest BCUT2D eigenvalue weighted by molar-refractivity contribution is 0.132. The Balaban J connectivity index is 0.000000221. The lowest BCUT2D eigenvalue weighted by atomic mass is 10.1. The Kier molecular flexibility index (Phi) is 15.8. The van der Waals surface area contributed by atoms with Crippen LogP contribution in [0.15, 0.2) is 72.8 Å². The maximum atomic E-state index is 6.23. The zero-order valence-electron chi connectivity index (χ0n) is 32.9. The molecule has 4 N–H and O–H groups in total. The molecule has 300 valence electrons. The van der Waals surface area contributed by atoms with Crippen LogP contribution in [0.2, 0.25) is 0 Å². The summed E-state index contributed by atoms with van der Waals surface area (Å²) in [6.07, 6.45) is 11.0. The van der Waals surface area contributed by atoms with E-state index in [4.69, 9.17) is 62.2 Å². The van der Waals surface area contributed by atoms with Gasteiger partial charge in [-0.15, -0.1) is 12.8 Å². The second-order valence-electron chi connectivity index (χ2n) is 12.3. The Labute approximate surface area is 337 Å². The molecule has 0 atom stereocenters. The van der Waals surface area contributed by atoms with E-state index >= 15 is 0 Å². The first-order valence-corrected chi connectivity index (χ1v) is 18.2. The predicted molar refractivity (Wildman–Crippen MR) is 224 cm³/mol. The Bertz CT molecular complexity index is 2230. The molecule has 6 aromatic rings. The predicted octanol–water partition coefficient (Wildman–Crippen LogP) is 5.82. The van der Waals surface area contributed by atoms with E-state index in [2.05, 4.69) is 31.8 Å². The van der Waals surface area contributed by atoms with Crippen LogP contribution >= 0.6 is 0 Å². The van der Waals surface area contributed by atoms with Crippen molar-refractivity contribution in [3.05, 3.63) is 83.9 Å². The third-order valence-corrected chi connectivity index (χ3v) is 8.34. The highest BCUT2D eigenvalue weighted by Gasteiger charge is 2.16. The summed E-state index contributed by atoms with van der Waals surface area (Å²) in [5.41, 5.74) is 16.8. The molecule has 0 radical (unpaired) electrons. The number of anilines is 2. The maximum Gasteiger partial charge on any atom is 0.163 e. The molecule has 0 aliphatic rings. The van der Waals surface area contributed by atoms with Crippen LogP contribution in [0, 0.1) is 24.7 Å². The van der Waals surface area contributed by atoms with E-state index in [1.807, 2.05) is 48.5 Å². The minimum absolute atomic E-state index is 0.344. The summed E-state index contributed by atoms with van der Waals surface area (Å²) in [5, 5.41) is 1.35. The van der Waals surface area contributed by atoms with E-state index in [1.165, 1.54) is 0 Å². The molecule has 0 aliphatic heterocycles. The van der Waals surface area contributed by atoms with E-state index < -0.39 is 0 Å². The molecule has 0 bridgehead atoms. The van der Waals surface area contributed by atoms with Crippen molar-refractivity contribution in [1.82, 2.24) is 19.9 Å². The summed E-state index contributed by atoms with van der Waals surface area (Å²) in [6.45, 7) is 3.30. The second-order valence-corrected chi connectivity index (χ2v) is 12.3. The van der Waals surface area contributed by atoms with Crippen LogP contribution in [0.3, 0.4) is 0 Å². The zero-order valence-corrected chi connectivity index (χ0v) is 32.9. The Hall–Kier alpha value is -6.68. The number of hydrogen-bond donors (Lipinski definition) is 2. The van der Waals surface area contributed by atoms with E-state index in [0.717, 1.165) is 22.3 Å². The minimum atomic E-state index is 0.344. The maximum absolute atomic E-state index is 6.23. The van der Waals surface area contributed by atoms with Crippen molar-refractivity contribution in [2.45, 2.75) is 0 Å². The van der Waals surface area contributed by atoms with Crippen LogP contribution in [0.5, 0.6) is 23.0 Å². The van der Waals surface area contributed by atoms with Crippen molar-refractivity contribution in [3.8, 4) is 70.5 Å². The summed E-state index contributed by atoms with van der Waals surface area (Å²) in [6, 6.07) is 22.0. The van der Waals surface area contributed by atoms with Crippen molar-refractivity contribution in [2.75, 3.05) is 92.8 Å². The zero-order chi connectivity index (χ0) is 41.3. The van der Waals surface area contributed by atoms with Gasteiger partial charge in [-0.05, 0) is 36.4 Å². The number of ether oxygens (including phenoxy) is 8. The van der Waals surface area contributed by atoms with Gasteiger partial charge in [0.05, 0.1) is 37.5 Å². The van der Waals surface area contributed by atoms with Crippen LogP contribution < -0.4 is 30.4 Å². The van der Waals surface area contributed by atoms with Gasteiger partial charge in [0.15, 0.2) is 34.6 Å². The molecule has 0 unspecified atom stereocenters. The van der Waals surface area contributed by atoms with Crippen molar-refractivity contribution in [3.63, 3.8) is 0 Å². The van der Waals surface area contributed by atoms with Gasteiger partial charge < -0.3 is 49.4 Å². The molecule has 0 fully saturated rings. The molecule has 0 saturated heterocycles. The summed E-state index contributed by atoms with van der Waals surface area (Å²) < 4.78 is 43.4. The molecular formula is C44H46N6O8. The van der Waals surface area contributed by atoms with Gasteiger partial charge >= 0.3 is 0 Å². The van der Waals surface area contributed by atoms with Crippen molar-refractivity contribution in [2.24, 2.45) is 0 Å². The number of nitrogens with zero attached hydrogens (tertiary/aromatic N) is 4. The minimum Gasteiger partial charge on any atom is -0.487 e. The summed E-state index contributed by atoms with van der Waals surface area (Å²) in [5.74, 6) is 9.08. The van der Waals surface area contributed by atoms with Gasteiger partial charge in [0.1, 0.15) is 38.1 Å². The first kappa shape index (κ1) is 42.5. The fourth-order valence-electron chi connectivity index (χ4n) is 5.47. The number of fused-ring (bicyclic) bond motifs is 2. The van der Waals surface area contributed by atoms with Crippen molar-refractivity contribution >= 4 is 33.4 Å². The second kappa shape index (κ2) is 21.6. The molecule has 0 spiro atoms. The molecule has 2 heterocycles. The lowest BCUT2D eigenvalue weighted by Crippen LogP contribution is -2.09. The molecule has 14 heteroatoms. The molecule has 14 nitrogen and oxygen atoms in total. The molecular weight excluding hydrogens is 741 g/mol. The summed E-state index contributed by atoms with van der Waals surface area (Å²) in [4.78, 5) is 18.2. The third-order valence-electron chi connectivity index (χ3n) is 8.34. The average molecular weight is 787 g/mol. The quantitative estimate of drug-likeness (QED) is 0.0787. The van der Waals surface area contributed by atoms with Crippen LogP contribution in [-0.4, -0.2) is 101 Å². The smallest absolute Gasteiger partial charge is 0.163 e. The van der Waals surface area contributed by atoms with Crippen LogP contribution in [0.1, 0.15) is 11.1 Å². The summed E-state index contributed by atoms with van der Waals surface area (Å²) in [7, 11) is 6.46. The Morgan fingerprint density at radius 2 is 0.810 bits per heavy atom. The van der Waals surface area contributed by atoms with Gasteiger partial charge in [0, 0.05) is 73.6 Å². The first-order valence-electron chi connectivity index (χ1n) is 18.2. The average Bonchev–Trinajstić information content (AvgIpc) is 3.24. The number of nitrogen functional groups attached to an aromatic ring is 2. The largest absolute Gasteiger partial charge is 0.487 e. The molecule has 0 saturated carbocycles. The monoisotopic (exact) mass is 786 g/mol. The highest BCUT2D eigenvalue weighted by molar-refractivity contribution is 5.93. The van der Waals surface area contributed by atoms with Gasteiger partial charge in [-0.3, -0.25) is 0 Å². The number of rotatable bonds is 18. The van der Waals surface area contributed by atoms with E-state index in [0.29, 0.717) is 121 Å². The fraction of sp³-hybridized carbons (Fsp3) is 0.273. The number of aromatic nitrogens is 4. The van der Waals surface area contributed by atoms with Crippen LogP contribution in [0.4, 0.5) is 11.6 Å². The van der Waals surface area contributed by atoms with Gasteiger partial charge in [-0.2, -0.15) is 0 Å². The number of methoxy groups -OCH3 is 4. The SMILES string of the molecule is C#Cc1cccc(-c2nc(N)c3cc(OCCOC)c(OCCOC)cc3n2)c1.C#Cc1cccc(-c2nc(N)c3cc(OCCOC)c(OCCOC)cc3n2)c1. The number of benzene rings is 4. The molecule has 6 rings (SSSR count). The number of nitrogens with two attached hydrogens (primary N) is 2. The van der Waals surface area contributed by atoms with Crippen molar-refractivity contribution < 1.29 is 37.9 Å². The fourth-order valence-corrected chi connectivity index (χ4v) is 5.47. The van der Waals surface area contributed by atoms with Gasteiger partial charge in [-0.25, -0.2) is 19.9 Å². The van der Waals surface area contributed by atoms with E-state index in [-0.39, 0.29) is 0 Å². The van der Waals surface area contributed by atoms with E-state index in [1.54, 1.807) is 52.7 Å². The molecule has 58 heavy (non-hydrogen) atoms. The highest BCUT2D eigenvalue weighted by atomic mass is 16.6. The number of terminal acetylenes is 2. The van der Waals surface area contributed by atoms with Gasteiger partial charge in [0.2, 0.25) is 0 Å². The molecule has 2 aromatic heterocycles. The Morgan fingerprint density at radius 1 is 0.466 bits per heavy atom. The molecule has 4 aromatic carbocycles. The van der Waals surface area contributed by atoms with Crippen molar-refractivity contribution in [1.29, 1.82) is 0 Å².